The smallest absolute Gasteiger partial charge is 0.184 e. The maximum atomic E-state index is 12.4. The van der Waals surface area contributed by atoms with E-state index in [0.717, 1.165) is 0 Å². The summed E-state index contributed by atoms with van der Waals surface area (Å²) in [6.45, 7) is 0. The maximum Gasteiger partial charge on any atom is 0.184 e. The Morgan fingerprint density at radius 1 is 1.24 bits per heavy atom. The van der Waals surface area contributed by atoms with Gasteiger partial charge in [0, 0.05) is 5.02 Å². The first kappa shape index (κ1) is 16.1. The summed E-state index contributed by atoms with van der Waals surface area (Å²) in [6, 6.07) is 9.48. The number of hydrogen-bond donors (Lipinski definition) is 1. The molecule has 0 aliphatic carbocycles. The highest BCUT2D eigenvalue weighted by molar-refractivity contribution is 9.10. The van der Waals surface area contributed by atoms with Crippen molar-refractivity contribution in [2.75, 3.05) is 12.8 Å². The van der Waals surface area contributed by atoms with Crippen molar-refractivity contribution in [3.8, 4) is 5.75 Å². The SMILES string of the molecule is COc1ccc(CS(=O)(=O)c2ccc(Cl)cc2N)cc1Br. The third-order valence-corrected chi connectivity index (χ3v) is 5.49. The molecule has 0 amide bonds. The molecule has 7 heteroatoms. The van der Waals surface area contributed by atoms with Crippen molar-refractivity contribution in [1.82, 2.24) is 0 Å². The van der Waals surface area contributed by atoms with E-state index in [1.807, 2.05) is 0 Å². The first-order valence-electron chi connectivity index (χ1n) is 5.93. The van der Waals surface area contributed by atoms with Crippen molar-refractivity contribution in [2.24, 2.45) is 0 Å². The quantitative estimate of drug-likeness (QED) is 0.809. The molecule has 0 heterocycles. The number of rotatable bonds is 4. The standard InChI is InChI=1S/C14H13BrClNO3S/c1-20-13-4-2-9(6-11(13)15)8-21(18,19)14-5-3-10(16)7-12(14)17/h2-7H,8,17H2,1H3. The first-order chi connectivity index (χ1) is 9.83. The molecule has 0 spiro atoms. The molecule has 2 N–H and O–H groups in total. The van der Waals surface area contributed by atoms with Crippen molar-refractivity contribution in [1.29, 1.82) is 0 Å². The van der Waals surface area contributed by atoms with Crippen molar-refractivity contribution in [2.45, 2.75) is 10.6 Å². The molecule has 4 nitrogen and oxygen atoms in total. The van der Waals surface area contributed by atoms with Gasteiger partial charge in [0.1, 0.15) is 5.75 Å². The van der Waals surface area contributed by atoms with E-state index in [4.69, 9.17) is 22.1 Å². The number of nitrogen functional groups attached to an aromatic ring is 1. The van der Waals surface area contributed by atoms with Crippen LogP contribution in [-0.4, -0.2) is 15.5 Å². The summed E-state index contributed by atoms with van der Waals surface area (Å²) in [4.78, 5) is 0.0823. The van der Waals surface area contributed by atoms with Gasteiger partial charge in [0.2, 0.25) is 0 Å². The average Bonchev–Trinajstić information content (AvgIpc) is 2.37. The van der Waals surface area contributed by atoms with E-state index >= 15 is 0 Å². The fourth-order valence-corrected chi connectivity index (χ4v) is 4.14. The van der Waals surface area contributed by atoms with Crippen LogP contribution >= 0.6 is 27.5 Å². The Labute approximate surface area is 136 Å². The molecule has 0 atom stereocenters. The zero-order valence-corrected chi connectivity index (χ0v) is 14.3. The minimum Gasteiger partial charge on any atom is -0.496 e. The molecule has 21 heavy (non-hydrogen) atoms. The summed E-state index contributed by atoms with van der Waals surface area (Å²) in [5, 5.41) is 0.402. The number of benzene rings is 2. The molecule has 0 aliphatic heterocycles. The van der Waals surface area contributed by atoms with Crippen LogP contribution in [0.3, 0.4) is 0 Å². The second-order valence-electron chi connectivity index (χ2n) is 4.41. The summed E-state index contributed by atoms with van der Waals surface area (Å²) < 4.78 is 30.7. The van der Waals surface area contributed by atoms with Crippen molar-refractivity contribution in [3.05, 3.63) is 51.5 Å². The fraction of sp³-hybridized carbons (Fsp3) is 0.143. The van der Waals surface area contributed by atoms with Crippen LogP contribution in [-0.2, 0) is 15.6 Å². The van der Waals surface area contributed by atoms with E-state index in [2.05, 4.69) is 15.9 Å². The van der Waals surface area contributed by atoms with Gasteiger partial charge in [-0.25, -0.2) is 8.42 Å². The van der Waals surface area contributed by atoms with Crippen LogP contribution < -0.4 is 10.5 Å². The van der Waals surface area contributed by atoms with Crippen molar-refractivity contribution < 1.29 is 13.2 Å². The molecule has 0 aliphatic rings. The zero-order chi connectivity index (χ0) is 15.6. The molecule has 0 saturated heterocycles. The Kier molecular flexibility index (Phi) is 4.81. The van der Waals surface area contributed by atoms with Gasteiger partial charge in [-0.3, -0.25) is 0 Å². The minimum atomic E-state index is -3.54. The average molecular weight is 391 g/mol. The highest BCUT2D eigenvalue weighted by Gasteiger charge is 2.19. The van der Waals surface area contributed by atoms with Gasteiger partial charge < -0.3 is 10.5 Å². The van der Waals surface area contributed by atoms with E-state index < -0.39 is 9.84 Å². The Balaban J connectivity index is 2.35. The second-order valence-corrected chi connectivity index (χ2v) is 7.66. The number of methoxy groups -OCH3 is 1. The number of hydrogen-bond acceptors (Lipinski definition) is 4. The Morgan fingerprint density at radius 2 is 1.95 bits per heavy atom. The highest BCUT2D eigenvalue weighted by Crippen LogP contribution is 2.29. The molecule has 0 saturated carbocycles. The van der Waals surface area contributed by atoms with Crippen molar-refractivity contribution in [3.63, 3.8) is 0 Å². The molecule has 0 unspecified atom stereocenters. The third kappa shape index (κ3) is 3.70. The van der Waals surface area contributed by atoms with Gasteiger partial charge in [-0.05, 0) is 51.8 Å². The highest BCUT2D eigenvalue weighted by atomic mass is 79.9. The number of halogens is 2. The van der Waals surface area contributed by atoms with Gasteiger partial charge in [0.05, 0.1) is 27.9 Å². The Hall–Kier alpha value is -1.24. The Bertz CT molecular complexity index is 778. The molecule has 0 aromatic heterocycles. The summed E-state index contributed by atoms with van der Waals surface area (Å²) in [7, 11) is -2.00. The molecule has 0 radical (unpaired) electrons. The van der Waals surface area contributed by atoms with E-state index in [0.29, 0.717) is 20.8 Å². The number of sulfone groups is 1. The largest absolute Gasteiger partial charge is 0.496 e. The topological polar surface area (TPSA) is 69.4 Å². The van der Waals surface area contributed by atoms with Crippen molar-refractivity contribution >= 4 is 43.1 Å². The summed E-state index contributed by atoms with van der Waals surface area (Å²) in [6.07, 6.45) is 0. The second kappa shape index (κ2) is 6.25. The predicted octanol–water partition coefficient (Wildman–Crippen LogP) is 3.67. The van der Waals surface area contributed by atoms with Gasteiger partial charge in [0.15, 0.2) is 9.84 Å². The van der Waals surface area contributed by atoms with Crippen LogP contribution in [0.1, 0.15) is 5.56 Å². The van der Waals surface area contributed by atoms with Crippen LogP contribution in [0, 0.1) is 0 Å². The maximum absolute atomic E-state index is 12.4. The molecule has 112 valence electrons. The normalized spacial score (nSPS) is 11.4. The van der Waals surface area contributed by atoms with Crippen LogP contribution in [0.4, 0.5) is 5.69 Å². The van der Waals surface area contributed by atoms with Gasteiger partial charge in [-0.15, -0.1) is 0 Å². The molecule has 0 fully saturated rings. The molecule has 2 aromatic carbocycles. The third-order valence-electron chi connectivity index (χ3n) is 2.88. The van der Waals surface area contributed by atoms with Gasteiger partial charge in [-0.1, -0.05) is 17.7 Å². The molecule has 0 bridgehead atoms. The van der Waals surface area contributed by atoms with E-state index in [-0.39, 0.29) is 16.3 Å². The molecule has 2 rings (SSSR count). The van der Waals surface area contributed by atoms with Crippen LogP contribution in [0.5, 0.6) is 5.75 Å². The first-order valence-corrected chi connectivity index (χ1v) is 8.76. The molecule has 2 aromatic rings. The minimum absolute atomic E-state index is 0.0823. The number of nitrogens with two attached hydrogens (primary N) is 1. The summed E-state index contributed by atoms with van der Waals surface area (Å²) in [5.74, 6) is 0.490. The van der Waals surface area contributed by atoms with Gasteiger partial charge in [-0.2, -0.15) is 0 Å². The lowest BCUT2D eigenvalue weighted by Gasteiger charge is -2.09. The lowest BCUT2D eigenvalue weighted by molar-refractivity contribution is 0.412. The molecular weight excluding hydrogens is 378 g/mol. The van der Waals surface area contributed by atoms with E-state index in [9.17, 15) is 8.42 Å². The Morgan fingerprint density at radius 3 is 2.52 bits per heavy atom. The summed E-state index contributed by atoms with van der Waals surface area (Å²) in [5.41, 5.74) is 6.53. The van der Waals surface area contributed by atoms with Crippen LogP contribution in [0.2, 0.25) is 5.02 Å². The monoisotopic (exact) mass is 389 g/mol. The van der Waals surface area contributed by atoms with Crippen LogP contribution in [0.25, 0.3) is 0 Å². The lowest BCUT2D eigenvalue weighted by Crippen LogP contribution is -2.08. The lowest BCUT2D eigenvalue weighted by atomic mass is 10.2. The zero-order valence-electron chi connectivity index (χ0n) is 11.1. The van der Waals surface area contributed by atoms with E-state index in [1.165, 1.54) is 18.2 Å². The molecular formula is C14H13BrClNO3S. The predicted molar refractivity (Wildman–Crippen MR) is 87.4 cm³/mol. The summed E-state index contributed by atoms with van der Waals surface area (Å²) >= 11 is 9.12. The van der Waals surface area contributed by atoms with E-state index in [1.54, 1.807) is 25.3 Å². The number of anilines is 1. The van der Waals surface area contributed by atoms with Gasteiger partial charge >= 0.3 is 0 Å². The fourth-order valence-electron chi connectivity index (χ4n) is 1.90. The number of ether oxygens (including phenoxy) is 1. The van der Waals surface area contributed by atoms with Gasteiger partial charge in [0.25, 0.3) is 0 Å². The van der Waals surface area contributed by atoms with Crippen LogP contribution in [0.15, 0.2) is 45.8 Å².